The molecule has 0 radical (unpaired) electrons. The summed E-state index contributed by atoms with van der Waals surface area (Å²) in [5.41, 5.74) is 1.72. The Balaban J connectivity index is 2.70. The number of benzene rings is 1. The molecule has 0 fully saturated rings. The molecule has 19 heavy (non-hydrogen) atoms. The first-order valence-corrected chi connectivity index (χ1v) is 5.76. The Labute approximate surface area is 112 Å². The number of carbonyl (C=O) groups is 2. The van der Waals surface area contributed by atoms with Gasteiger partial charge in [-0.05, 0) is 24.1 Å². The molecule has 0 spiro atoms. The quantitative estimate of drug-likeness (QED) is 0.603. The van der Waals surface area contributed by atoms with Gasteiger partial charge in [-0.2, -0.15) is 0 Å². The van der Waals surface area contributed by atoms with Crippen LogP contribution in [-0.4, -0.2) is 19.0 Å². The molecule has 0 aliphatic heterocycles. The lowest BCUT2D eigenvalue weighted by atomic mass is 10.1. The maximum Gasteiger partial charge on any atom is 0.330 e. The average Bonchev–Trinajstić information content (AvgIpc) is 2.44. The standard InChI is InChI=1S/C15H16O4/c1-4-14(16)19-11(2)13-8-5-12(6-9-13)7-10-15(17)18-3/h4-11H,1H2,2-3H3. The summed E-state index contributed by atoms with van der Waals surface area (Å²) < 4.78 is 9.59. The van der Waals surface area contributed by atoms with E-state index in [1.165, 1.54) is 13.2 Å². The summed E-state index contributed by atoms with van der Waals surface area (Å²) in [7, 11) is 1.32. The normalized spacial score (nSPS) is 11.9. The largest absolute Gasteiger partial charge is 0.466 e. The minimum absolute atomic E-state index is 0.343. The Morgan fingerprint density at radius 2 is 1.84 bits per heavy atom. The van der Waals surface area contributed by atoms with Crippen LogP contribution in [0.25, 0.3) is 6.08 Å². The zero-order valence-corrected chi connectivity index (χ0v) is 11.0. The van der Waals surface area contributed by atoms with Gasteiger partial charge in [0.2, 0.25) is 0 Å². The molecule has 1 unspecified atom stereocenters. The van der Waals surface area contributed by atoms with Crippen LogP contribution < -0.4 is 0 Å². The van der Waals surface area contributed by atoms with E-state index >= 15 is 0 Å². The molecule has 100 valence electrons. The summed E-state index contributed by atoms with van der Waals surface area (Å²) in [6, 6.07) is 7.32. The van der Waals surface area contributed by atoms with Gasteiger partial charge in [-0.15, -0.1) is 0 Å². The number of rotatable bonds is 5. The summed E-state index contributed by atoms with van der Waals surface area (Å²) in [4.78, 5) is 22.0. The maximum absolute atomic E-state index is 11.1. The summed E-state index contributed by atoms with van der Waals surface area (Å²) >= 11 is 0. The molecule has 0 N–H and O–H groups in total. The van der Waals surface area contributed by atoms with E-state index in [4.69, 9.17) is 4.74 Å². The topological polar surface area (TPSA) is 52.6 Å². The lowest BCUT2D eigenvalue weighted by molar-refractivity contribution is -0.142. The van der Waals surface area contributed by atoms with Crippen LogP contribution in [0.1, 0.15) is 24.2 Å². The van der Waals surface area contributed by atoms with Crippen LogP contribution in [-0.2, 0) is 19.1 Å². The predicted molar refractivity (Wildman–Crippen MR) is 72.2 cm³/mol. The molecule has 0 saturated carbocycles. The number of carbonyl (C=O) groups excluding carboxylic acids is 2. The van der Waals surface area contributed by atoms with Crippen molar-refractivity contribution in [3.05, 3.63) is 54.1 Å². The Kier molecular flexibility index (Phi) is 5.54. The predicted octanol–water partition coefficient (Wildman–Crippen LogP) is 2.66. The smallest absolute Gasteiger partial charge is 0.330 e. The molecule has 0 aromatic heterocycles. The zero-order chi connectivity index (χ0) is 14.3. The van der Waals surface area contributed by atoms with Crippen LogP contribution in [0.15, 0.2) is 43.0 Å². The molecule has 0 amide bonds. The fourth-order valence-electron chi connectivity index (χ4n) is 1.40. The molecule has 1 aromatic carbocycles. The highest BCUT2D eigenvalue weighted by atomic mass is 16.5. The lowest BCUT2D eigenvalue weighted by Gasteiger charge is -2.12. The minimum atomic E-state index is -0.456. The molecule has 0 aliphatic carbocycles. The maximum atomic E-state index is 11.1. The molecule has 0 saturated heterocycles. The van der Waals surface area contributed by atoms with E-state index in [0.717, 1.165) is 17.2 Å². The van der Waals surface area contributed by atoms with Gasteiger partial charge in [-0.1, -0.05) is 30.8 Å². The van der Waals surface area contributed by atoms with Crippen molar-refractivity contribution in [1.29, 1.82) is 0 Å². The third kappa shape index (κ3) is 4.79. The molecule has 0 aliphatic rings. The minimum Gasteiger partial charge on any atom is -0.466 e. The second-order valence-corrected chi connectivity index (χ2v) is 3.81. The summed E-state index contributed by atoms with van der Waals surface area (Å²) in [6.45, 7) is 5.12. The highest BCUT2D eigenvalue weighted by molar-refractivity contribution is 5.86. The Morgan fingerprint density at radius 1 is 1.21 bits per heavy atom. The second kappa shape index (κ2) is 7.16. The van der Waals surface area contributed by atoms with Gasteiger partial charge in [-0.3, -0.25) is 0 Å². The third-order valence-corrected chi connectivity index (χ3v) is 2.48. The molecule has 0 heterocycles. The van der Waals surface area contributed by atoms with E-state index in [0.29, 0.717) is 0 Å². The highest BCUT2D eigenvalue weighted by Gasteiger charge is 2.08. The first-order chi connectivity index (χ1) is 9.06. The van der Waals surface area contributed by atoms with Crippen LogP contribution in [0, 0.1) is 0 Å². The molecule has 1 atom stereocenters. The molecule has 1 rings (SSSR count). The van der Waals surface area contributed by atoms with E-state index in [9.17, 15) is 9.59 Å². The van der Waals surface area contributed by atoms with Crippen molar-refractivity contribution >= 4 is 18.0 Å². The second-order valence-electron chi connectivity index (χ2n) is 3.81. The number of methoxy groups -OCH3 is 1. The van der Waals surface area contributed by atoms with Crippen molar-refractivity contribution in [2.75, 3.05) is 7.11 Å². The molecule has 0 bridgehead atoms. The summed E-state index contributed by atoms with van der Waals surface area (Å²) in [5.74, 6) is -0.862. The van der Waals surface area contributed by atoms with Crippen molar-refractivity contribution in [2.24, 2.45) is 0 Å². The molecule has 4 heteroatoms. The van der Waals surface area contributed by atoms with Gasteiger partial charge in [0.05, 0.1) is 7.11 Å². The van der Waals surface area contributed by atoms with Crippen LogP contribution in [0.2, 0.25) is 0 Å². The van der Waals surface area contributed by atoms with Gasteiger partial charge in [0, 0.05) is 12.2 Å². The van der Waals surface area contributed by atoms with Crippen LogP contribution in [0.3, 0.4) is 0 Å². The summed E-state index contributed by atoms with van der Waals surface area (Å²) in [5, 5.41) is 0. The monoisotopic (exact) mass is 260 g/mol. The van der Waals surface area contributed by atoms with Gasteiger partial charge in [0.25, 0.3) is 0 Å². The van der Waals surface area contributed by atoms with Crippen LogP contribution >= 0.6 is 0 Å². The van der Waals surface area contributed by atoms with E-state index in [-0.39, 0.29) is 6.10 Å². The third-order valence-electron chi connectivity index (χ3n) is 2.48. The molecular formula is C15H16O4. The van der Waals surface area contributed by atoms with E-state index in [1.807, 2.05) is 24.3 Å². The Hall–Kier alpha value is -2.36. The first-order valence-electron chi connectivity index (χ1n) is 5.76. The van der Waals surface area contributed by atoms with Gasteiger partial charge in [-0.25, -0.2) is 9.59 Å². The zero-order valence-electron chi connectivity index (χ0n) is 11.0. The van der Waals surface area contributed by atoms with Gasteiger partial charge in [0.15, 0.2) is 0 Å². The number of hydrogen-bond acceptors (Lipinski definition) is 4. The number of hydrogen-bond donors (Lipinski definition) is 0. The first kappa shape index (κ1) is 14.7. The fraction of sp³-hybridized carbons (Fsp3) is 0.200. The number of esters is 2. The Bertz CT molecular complexity index is 485. The highest BCUT2D eigenvalue weighted by Crippen LogP contribution is 2.18. The van der Waals surface area contributed by atoms with E-state index in [1.54, 1.807) is 13.0 Å². The van der Waals surface area contributed by atoms with Gasteiger partial charge in [0.1, 0.15) is 6.10 Å². The van der Waals surface area contributed by atoms with Crippen LogP contribution in [0.4, 0.5) is 0 Å². The molecule has 4 nitrogen and oxygen atoms in total. The van der Waals surface area contributed by atoms with Crippen molar-refractivity contribution < 1.29 is 19.1 Å². The van der Waals surface area contributed by atoms with Crippen molar-refractivity contribution in [3.8, 4) is 0 Å². The Morgan fingerprint density at radius 3 is 2.37 bits per heavy atom. The van der Waals surface area contributed by atoms with Crippen molar-refractivity contribution in [3.63, 3.8) is 0 Å². The van der Waals surface area contributed by atoms with Gasteiger partial charge < -0.3 is 9.47 Å². The van der Waals surface area contributed by atoms with E-state index in [2.05, 4.69) is 11.3 Å². The summed E-state index contributed by atoms with van der Waals surface area (Å²) in [6.07, 6.45) is 3.78. The van der Waals surface area contributed by atoms with Crippen LogP contribution in [0.5, 0.6) is 0 Å². The number of ether oxygens (including phenoxy) is 2. The molecular weight excluding hydrogens is 244 g/mol. The van der Waals surface area contributed by atoms with E-state index < -0.39 is 11.9 Å². The SMILES string of the molecule is C=CC(=O)OC(C)c1ccc(C=CC(=O)OC)cc1. The molecule has 1 aromatic rings. The van der Waals surface area contributed by atoms with Crippen molar-refractivity contribution in [1.82, 2.24) is 0 Å². The lowest BCUT2D eigenvalue weighted by Crippen LogP contribution is -2.05. The average molecular weight is 260 g/mol. The fourth-order valence-corrected chi connectivity index (χ4v) is 1.40. The van der Waals surface area contributed by atoms with Crippen molar-refractivity contribution in [2.45, 2.75) is 13.0 Å². The van der Waals surface area contributed by atoms with Gasteiger partial charge >= 0.3 is 11.9 Å².